The van der Waals surface area contributed by atoms with E-state index in [1.165, 1.54) is 0 Å². The largest absolute Gasteiger partial charge is 0.478 e. The summed E-state index contributed by atoms with van der Waals surface area (Å²) in [6.07, 6.45) is 0. The van der Waals surface area contributed by atoms with Crippen molar-refractivity contribution in [2.75, 3.05) is 6.61 Å². The van der Waals surface area contributed by atoms with Crippen LogP contribution in [0.5, 0.6) is 5.75 Å². The van der Waals surface area contributed by atoms with Crippen LogP contribution in [-0.2, 0) is 6.54 Å². The molecule has 0 aliphatic heterocycles. The highest BCUT2D eigenvalue weighted by Gasteiger charge is 2.10. The molecule has 2 aromatic rings. The van der Waals surface area contributed by atoms with Crippen LogP contribution in [0.3, 0.4) is 0 Å². The normalized spacial score (nSPS) is 12.3. The van der Waals surface area contributed by atoms with E-state index in [0.29, 0.717) is 0 Å². The fourth-order valence-corrected chi connectivity index (χ4v) is 2.16. The summed E-state index contributed by atoms with van der Waals surface area (Å²) in [5, 5.41) is 9.61. The average molecular weight is 243 g/mol. The number of nitrogens with two attached hydrogens (primary N) is 1. The minimum absolute atomic E-state index is 0.0661. The first-order chi connectivity index (χ1) is 8.63. The van der Waals surface area contributed by atoms with E-state index in [2.05, 4.69) is 17.6 Å². The zero-order valence-electron chi connectivity index (χ0n) is 10.7. The van der Waals surface area contributed by atoms with E-state index in [4.69, 9.17) is 15.7 Å². The van der Waals surface area contributed by atoms with Gasteiger partial charge in [0.05, 0.1) is 5.52 Å². The maximum absolute atomic E-state index is 8.58. The molecule has 94 valence electrons. The molecule has 0 spiro atoms. The summed E-state index contributed by atoms with van der Waals surface area (Å²) in [7, 11) is 0. The maximum Gasteiger partial charge on any atom is 0.174 e. The van der Waals surface area contributed by atoms with Crippen molar-refractivity contribution in [2.24, 2.45) is 5.73 Å². The Morgan fingerprint density at radius 1 is 1.50 bits per heavy atom. The Morgan fingerprint density at radius 3 is 2.94 bits per heavy atom. The Morgan fingerprint density at radius 2 is 2.28 bits per heavy atom. The van der Waals surface area contributed by atoms with Gasteiger partial charge in [0.2, 0.25) is 0 Å². The monoisotopic (exact) mass is 243 g/mol. The van der Waals surface area contributed by atoms with Gasteiger partial charge in [-0.15, -0.1) is 0 Å². The Bertz CT molecular complexity index is 593. The van der Waals surface area contributed by atoms with Crippen LogP contribution in [0.25, 0.3) is 10.9 Å². The number of ether oxygens (including phenoxy) is 1. The second-order valence-corrected chi connectivity index (χ2v) is 4.51. The van der Waals surface area contributed by atoms with Crippen molar-refractivity contribution in [2.45, 2.75) is 26.4 Å². The number of aryl methyl sites for hydroxylation is 1. The molecular formula is C14H17N3O. The van der Waals surface area contributed by atoms with Gasteiger partial charge in [0.15, 0.2) is 6.61 Å². The van der Waals surface area contributed by atoms with Crippen molar-refractivity contribution in [1.82, 2.24) is 4.57 Å². The van der Waals surface area contributed by atoms with Crippen molar-refractivity contribution in [1.29, 1.82) is 5.26 Å². The Kier molecular flexibility index (Phi) is 3.54. The zero-order chi connectivity index (χ0) is 13.1. The summed E-state index contributed by atoms with van der Waals surface area (Å²) in [6, 6.07) is 10.0. The molecule has 1 atom stereocenters. The van der Waals surface area contributed by atoms with E-state index in [0.717, 1.165) is 28.9 Å². The van der Waals surface area contributed by atoms with Crippen LogP contribution in [0.15, 0.2) is 24.3 Å². The number of nitrogens with zero attached hydrogens (tertiary/aromatic N) is 2. The van der Waals surface area contributed by atoms with Crippen LogP contribution < -0.4 is 10.5 Å². The summed E-state index contributed by atoms with van der Waals surface area (Å²) in [6.45, 7) is 4.88. The highest BCUT2D eigenvalue weighted by molar-refractivity contribution is 5.87. The van der Waals surface area contributed by atoms with Gasteiger partial charge in [-0.2, -0.15) is 5.26 Å². The lowest BCUT2D eigenvalue weighted by molar-refractivity contribution is 0.372. The van der Waals surface area contributed by atoms with Gasteiger partial charge < -0.3 is 15.0 Å². The van der Waals surface area contributed by atoms with Gasteiger partial charge in [-0.3, -0.25) is 0 Å². The number of nitriles is 1. The highest BCUT2D eigenvalue weighted by Crippen LogP contribution is 2.28. The molecule has 0 amide bonds. The number of hydrogen-bond donors (Lipinski definition) is 1. The van der Waals surface area contributed by atoms with Crippen molar-refractivity contribution in [3.8, 4) is 11.8 Å². The van der Waals surface area contributed by atoms with Gasteiger partial charge >= 0.3 is 0 Å². The molecule has 1 aromatic carbocycles. The summed E-state index contributed by atoms with van der Waals surface area (Å²) in [5.41, 5.74) is 8.11. The third kappa shape index (κ3) is 2.31. The quantitative estimate of drug-likeness (QED) is 0.895. The van der Waals surface area contributed by atoms with Gasteiger partial charge in [-0.1, -0.05) is 6.07 Å². The molecule has 0 saturated heterocycles. The van der Waals surface area contributed by atoms with Gasteiger partial charge in [-0.05, 0) is 32.0 Å². The molecule has 0 radical (unpaired) electrons. The lowest BCUT2D eigenvalue weighted by Gasteiger charge is -2.11. The molecule has 4 heteroatoms. The van der Waals surface area contributed by atoms with Gasteiger partial charge in [0.1, 0.15) is 11.8 Å². The molecule has 2 N–H and O–H groups in total. The topological polar surface area (TPSA) is 64.0 Å². The first-order valence-electron chi connectivity index (χ1n) is 5.97. The second-order valence-electron chi connectivity index (χ2n) is 4.51. The fraction of sp³-hybridized carbons (Fsp3) is 0.357. The third-order valence-corrected chi connectivity index (χ3v) is 2.88. The van der Waals surface area contributed by atoms with Crippen LogP contribution in [0.1, 0.15) is 12.6 Å². The van der Waals surface area contributed by atoms with Crippen LogP contribution in [0.4, 0.5) is 0 Å². The molecule has 0 bridgehead atoms. The molecule has 4 nitrogen and oxygen atoms in total. The predicted molar refractivity (Wildman–Crippen MR) is 71.4 cm³/mol. The molecule has 0 unspecified atom stereocenters. The molecule has 0 aliphatic rings. The van der Waals surface area contributed by atoms with Gasteiger partial charge in [0.25, 0.3) is 0 Å². The molecule has 1 heterocycles. The SMILES string of the molecule is Cc1cc2c(OCC#N)cccc2n1C[C@@H](C)N. The van der Waals surface area contributed by atoms with Crippen LogP contribution in [-0.4, -0.2) is 17.2 Å². The van der Waals surface area contributed by atoms with Crippen molar-refractivity contribution in [3.63, 3.8) is 0 Å². The number of hydrogen-bond acceptors (Lipinski definition) is 3. The van der Waals surface area contributed by atoms with Crippen molar-refractivity contribution in [3.05, 3.63) is 30.0 Å². The number of fused-ring (bicyclic) bond motifs is 1. The molecular weight excluding hydrogens is 226 g/mol. The lowest BCUT2D eigenvalue weighted by atomic mass is 10.2. The number of rotatable bonds is 4. The zero-order valence-corrected chi connectivity index (χ0v) is 10.7. The molecule has 0 saturated carbocycles. The highest BCUT2D eigenvalue weighted by atomic mass is 16.5. The van der Waals surface area contributed by atoms with Crippen molar-refractivity contribution < 1.29 is 4.74 Å². The molecule has 0 aliphatic carbocycles. The van der Waals surface area contributed by atoms with E-state index >= 15 is 0 Å². The minimum atomic E-state index is 0.0661. The van der Waals surface area contributed by atoms with Crippen LogP contribution in [0.2, 0.25) is 0 Å². The van der Waals surface area contributed by atoms with E-state index in [1.807, 2.05) is 31.2 Å². The van der Waals surface area contributed by atoms with E-state index in [9.17, 15) is 0 Å². The van der Waals surface area contributed by atoms with E-state index in [1.54, 1.807) is 0 Å². The predicted octanol–water partition coefficient (Wildman–Crippen LogP) is 2.20. The number of benzene rings is 1. The smallest absolute Gasteiger partial charge is 0.174 e. The standard InChI is InChI=1S/C14H17N3O/c1-10(16)9-17-11(2)8-12-13(17)4-3-5-14(12)18-7-6-15/h3-5,8,10H,7,9,16H2,1-2H3/t10-/m1/s1. The van der Waals surface area contributed by atoms with Crippen LogP contribution in [0, 0.1) is 18.3 Å². The number of aromatic nitrogens is 1. The molecule has 1 aromatic heterocycles. The Balaban J connectivity index is 2.49. The average Bonchev–Trinajstić information content (AvgIpc) is 2.64. The van der Waals surface area contributed by atoms with Crippen LogP contribution >= 0.6 is 0 Å². The summed E-state index contributed by atoms with van der Waals surface area (Å²) >= 11 is 0. The molecule has 0 fully saturated rings. The molecule has 18 heavy (non-hydrogen) atoms. The summed E-state index contributed by atoms with van der Waals surface area (Å²) < 4.78 is 7.62. The van der Waals surface area contributed by atoms with Crippen molar-refractivity contribution >= 4 is 10.9 Å². The minimum Gasteiger partial charge on any atom is -0.478 e. The Labute approximate surface area is 107 Å². The van der Waals surface area contributed by atoms with Gasteiger partial charge in [0, 0.05) is 23.7 Å². The third-order valence-electron chi connectivity index (χ3n) is 2.88. The van der Waals surface area contributed by atoms with E-state index < -0.39 is 0 Å². The van der Waals surface area contributed by atoms with Gasteiger partial charge in [-0.25, -0.2) is 0 Å². The first-order valence-corrected chi connectivity index (χ1v) is 5.97. The summed E-state index contributed by atoms with van der Waals surface area (Å²) in [4.78, 5) is 0. The first kappa shape index (κ1) is 12.5. The fourth-order valence-electron chi connectivity index (χ4n) is 2.16. The Hall–Kier alpha value is -1.99. The summed E-state index contributed by atoms with van der Waals surface area (Å²) in [5.74, 6) is 0.751. The van der Waals surface area contributed by atoms with E-state index in [-0.39, 0.29) is 12.6 Å². The maximum atomic E-state index is 8.58. The second kappa shape index (κ2) is 5.11. The molecule has 2 rings (SSSR count). The lowest BCUT2D eigenvalue weighted by Crippen LogP contribution is -2.22.